The number of esters is 1. The van der Waals surface area contributed by atoms with Crippen molar-refractivity contribution >= 4 is 29.2 Å². The number of nitrogens with one attached hydrogen (secondary N) is 1. The molecule has 0 spiro atoms. The van der Waals surface area contributed by atoms with E-state index in [2.05, 4.69) is 5.32 Å². The van der Waals surface area contributed by atoms with E-state index in [0.29, 0.717) is 12.2 Å². The monoisotopic (exact) mass is 404 g/mol. The van der Waals surface area contributed by atoms with Crippen LogP contribution in [-0.2, 0) is 16.0 Å². The van der Waals surface area contributed by atoms with Crippen LogP contribution in [0, 0.1) is 0 Å². The Hall–Kier alpha value is -3.87. The quantitative estimate of drug-likeness (QED) is 0.656. The maximum Gasteiger partial charge on any atom is 0.338 e. The second-order valence-electron chi connectivity index (χ2n) is 6.92. The molecular formula is C23H20N2O5. The van der Waals surface area contributed by atoms with Gasteiger partial charge in [0.05, 0.1) is 11.8 Å². The lowest BCUT2D eigenvalue weighted by molar-refractivity contribution is -0.126. The van der Waals surface area contributed by atoms with Gasteiger partial charge in [-0.25, -0.2) is 4.79 Å². The van der Waals surface area contributed by atoms with Gasteiger partial charge in [-0.2, -0.15) is 0 Å². The molecule has 2 amide bonds. The second kappa shape index (κ2) is 8.24. The Bertz CT molecular complexity index is 1070. The molecule has 1 unspecified atom stereocenters. The summed E-state index contributed by atoms with van der Waals surface area (Å²) in [5.74, 6) is -1.06. The Morgan fingerprint density at radius 3 is 2.53 bits per heavy atom. The third-order valence-electron chi connectivity index (χ3n) is 4.91. The van der Waals surface area contributed by atoms with E-state index >= 15 is 0 Å². The standard InChI is InChI=1S/C23H20N2O5/c1-15(22(27)25-13-12-16-5-2-3-6-19(16)25)30-23(28)17-8-10-18(11-9-17)24-21(26)20-7-4-14-29-20/h2-11,14-15H,12-13H2,1H3,(H,24,26). The molecule has 1 aliphatic heterocycles. The number of para-hydroxylation sites is 1. The first-order valence-corrected chi connectivity index (χ1v) is 9.58. The second-order valence-corrected chi connectivity index (χ2v) is 6.92. The predicted octanol–water partition coefficient (Wildman–Crippen LogP) is 3.67. The molecule has 4 rings (SSSR count). The number of fused-ring (bicyclic) bond motifs is 1. The van der Waals surface area contributed by atoms with Crippen molar-refractivity contribution in [3.05, 3.63) is 83.8 Å². The van der Waals surface area contributed by atoms with Crippen molar-refractivity contribution in [1.82, 2.24) is 0 Å². The zero-order valence-corrected chi connectivity index (χ0v) is 16.3. The lowest BCUT2D eigenvalue weighted by atomic mass is 10.2. The van der Waals surface area contributed by atoms with E-state index in [0.717, 1.165) is 17.7 Å². The van der Waals surface area contributed by atoms with Gasteiger partial charge in [0, 0.05) is 17.9 Å². The van der Waals surface area contributed by atoms with Crippen molar-refractivity contribution in [1.29, 1.82) is 0 Å². The zero-order chi connectivity index (χ0) is 21.1. The van der Waals surface area contributed by atoms with Crippen molar-refractivity contribution in [2.45, 2.75) is 19.4 Å². The summed E-state index contributed by atoms with van der Waals surface area (Å²) >= 11 is 0. The molecule has 2 aromatic carbocycles. The summed E-state index contributed by atoms with van der Waals surface area (Å²) in [5.41, 5.74) is 2.76. The number of nitrogens with zero attached hydrogens (tertiary/aromatic N) is 1. The van der Waals surface area contributed by atoms with Gasteiger partial charge in [0.2, 0.25) is 0 Å². The number of ether oxygens (including phenoxy) is 1. The highest BCUT2D eigenvalue weighted by molar-refractivity contribution is 6.03. The first-order valence-electron chi connectivity index (χ1n) is 9.58. The third kappa shape index (κ3) is 3.96. The van der Waals surface area contributed by atoms with E-state index in [1.54, 1.807) is 36.1 Å². The van der Waals surface area contributed by atoms with Crippen LogP contribution in [0.3, 0.4) is 0 Å². The van der Waals surface area contributed by atoms with Crippen LogP contribution in [0.4, 0.5) is 11.4 Å². The highest BCUT2D eigenvalue weighted by Crippen LogP contribution is 2.28. The van der Waals surface area contributed by atoms with Crippen LogP contribution in [0.15, 0.2) is 71.3 Å². The average molecular weight is 404 g/mol. The van der Waals surface area contributed by atoms with Crippen LogP contribution >= 0.6 is 0 Å². The van der Waals surface area contributed by atoms with Crippen LogP contribution in [0.1, 0.15) is 33.4 Å². The maximum absolute atomic E-state index is 12.8. The minimum absolute atomic E-state index is 0.189. The van der Waals surface area contributed by atoms with Crippen molar-refractivity contribution in [3.8, 4) is 0 Å². The van der Waals surface area contributed by atoms with Crippen molar-refractivity contribution in [3.63, 3.8) is 0 Å². The number of carbonyl (C=O) groups excluding carboxylic acids is 3. The molecular weight excluding hydrogens is 384 g/mol. The fourth-order valence-electron chi connectivity index (χ4n) is 3.36. The number of hydrogen-bond acceptors (Lipinski definition) is 5. The van der Waals surface area contributed by atoms with E-state index in [-0.39, 0.29) is 23.1 Å². The number of carbonyl (C=O) groups is 3. The summed E-state index contributed by atoms with van der Waals surface area (Å²) in [5, 5.41) is 2.67. The number of hydrogen-bond donors (Lipinski definition) is 1. The fraction of sp³-hybridized carbons (Fsp3) is 0.174. The van der Waals surface area contributed by atoms with E-state index in [1.807, 2.05) is 24.3 Å². The largest absolute Gasteiger partial charge is 0.459 e. The van der Waals surface area contributed by atoms with Crippen molar-refractivity contribution < 1.29 is 23.5 Å². The summed E-state index contributed by atoms with van der Waals surface area (Å²) in [6, 6.07) is 17.1. The highest BCUT2D eigenvalue weighted by Gasteiger charge is 2.29. The Morgan fingerprint density at radius 2 is 1.80 bits per heavy atom. The lowest BCUT2D eigenvalue weighted by Gasteiger charge is -2.21. The van der Waals surface area contributed by atoms with Gasteiger partial charge in [0.15, 0.2) is 11.9 Å². The minimum atomic E-state index is -0.915. The molecule has 152 valence electrons. The molecule has 0 aliphatic carbocycles. The van der Waals surface area contributed by atoms with Gasteiger partial charge in [-0.1, -0.05) is 18.2 Å². The highest BCUT2D eigenvalue weighted by atomic mass is 16.5. The molecule has 0 bridgehead atoms. The summed E-state index contributed by atoms with van der Waals surface area (Å²) in [6.45, 7) is 2.14. The molecule has 30 heavy (non-hydrogen) atoms. The van der Waals surface area contributed by atoms with Gasteiger partial charge in [-0.05, 0) is 61.4 Å². The van der Waals surface area contributed by atoms with Gasteiger partial charge in [0.25, 0.3) is 11.8 Å². The van der Waals surface area contributed by atoms with Crippen LogP contribution < -0.4 is 10.2 Å². The third-order valence-corrected chi connectivity index (χ3v) is 4.91. The smallest absolute Gasteiger partial charge is 0.338 e. The first kappa shape index (κ1) is 19.4. The van der Waals surface area contributed by atoms with Crippen LogP contribution in [0.5, 0.6) is 0 Å². The SMILES string of the molecule is CC(OC(=O)c1ccc(NC(=O)c2ccco2)cc1)C(=O)N1CCc2ccccc21. The maximum atomic E-state index is 12.8. The Morgan fingerprint density at radius 1 is 1.03 bits per heavy atom. The van der Waals surface area contributed by atoms with Crippen LogP contribution in [-0.4, -0.2) is 30.4 Å². The zero-order valence-electron chi connectivity index (χ0n) is 16.3. The molecule has 1 atom stereocenters. The number of anilines is 2. The molecule has 0 fully saturated rings. The van der Waals surface area contributed by atoms with E-state index in [9.17, 15) is 14.4 Å². The Labute approximate surface area is 173 Å². The van der Waals surface area contributed by atoms with Crippen molar-refractivity contribution in [2.24, 2.45) is 0 Å². The van der Waals surface area contributed by atoms with Crippen LogP contribution in [0.2, 0.25) is 0 Å². The van der Waals surface area contributed by atoms with Crippen LogP contribution in [0.25, 0.3) is 0 Å². The minimum Gasteiger partial charge on any atom is -0.459 e. The molecule has 3 aromatic rings. The van der Waals surface area contributed by atoms with Gasteiger partial charge >= 0.3 is 5.97 Å². The number of amides is 2. The number of furan rings is 1. The molecule has 1 aromatic heterocycles. The lowest BCUT2D eigenvalue weighted by Crippen LogP contribution is -2.39. The molecule has 1 N–H and O–H groups in total. The molecule has 7 heteroatoms. The topological polar surface area (TPSA) is 88.8 Å². The average Bonchev–Trinajstić information content (AvgIpc) is 3.44. The van der Waals surface area contributed by atoms with E-state index in [1.165, 1.54) is 18.4 Å². The summed E-state index contributed by atoms with van der Waals surface area (Å²) in [7, 11) is 0. The molecule has 1 aliphatic rings. The molecule has 0 radical (unpaired) electrons. The van der Waals surface area contributed by atoms with Gasteiger partial charge in [0.1, 0.15) is 0 Å². The van der Waals surface area contributed by atoms with E-state index < -0.39 is 12.1 Å². The predicted molar refractivity (Wildman–Crippen MR) is 110 cm³/mol. The molecule has 0 saturated heterocycles. The van der Waals surface area contributed by atoms with Gasteiger partial charge < -0.3 is 19.4 Å². The Kier molecular flexibility index (Phi) is 5.34. The summed E-state index contributed by atoms with van der Waals surface area (Å²) in [4.78, 5) is 38.8. The Balaban J connectivity index is 1.36. The number of benzene rings is 2. The summed E-state index contributed by atoms with van der Waals surface area (Å²) < 4.78 is 10.4. The summed E-state index contributed by atoms with van der Waals surface area (Å²) in [6.07, 6.45) is 1.28. The van der Waals surface area contributed by atoms with Gasteiger partial charge in [-0.15, -0.1) is 0 Å². The molecule has 0 saturated carbocycles. The number of rotatable bonds is 5. The first-order chi connectivity index (χ1) is 14.5. The van der Waals surface area contributed by atoms with E-state index in [4.69, 9.17) is 9.15 Å². The van der Waals surface area contributed by atoms with Gasteiger partial charge in [-0.3, -0.25) is 9.59 Å². The fourth-order valence-corrected chi connectivity index (χ4v) is 3.36. The molecule has 2 heterocycles. The molecule has 7 nitrogen and oxygen atoms in total. The van der Waals surface area contributed by atoms with Crippen molar-refractivity contribution in [2.75, 3.05) is 16.8 Å². The normalized spacial score (nSPS) is 13.4.